The summed E-state index contributed by atoms with van der Waals surface area (Å²) in [6.45, 7) is 1.54. The van der Waals surface area contributed by atoms with Gasteiger partial charge in [0.2, 0.25) is 11.8 Å². The van der Waals surface area contributed by atoms with Crippen LogP contribution in [0, 0.1) is 23.0 Å². The van der Waals surface area contributed by atoms with Gasteiger partial charge in [0.1, 0.15) is 11.6 Å². The highest BCUT2D eigenvalue weighted by molar-refractivity contribution is 5.95. The Morgan fingerprint density at radius 2 is 1.84 bits per heavy atom. The Morgan fingerprint density at radius 3 is 2.47 bits per heavy atom. The van der Waals surface area contributed by atoms with Crippen LogP contribution in [0.15, 0.2) is 12.1 Å². The van der Waals surface area contributed by atoms with Gasteiger partial charge in [-0.2, -0.15) is 13.2 Å². The SMILES string of the molecule is CC1(C(NC(=O)C2CCC(=O)NC(=O)NC2)c2c(F)ccc(C(F)(F)F)c2F)CCCC1. The maximum Gasteiger partial charge on any atom is 0.419 e. The van der Waals surface area contributed by atoms with E-state index in [9.17, 15) is 36.3 Å². The Labute approximate surface area is 181 Å². The van der Waals surface area contributed by atoms with Crippen LogP contribution in [0.4, 0.5) is 26.7 Å². The van der Waals surface area contributed by atoms with Crippen LogP contribution in [0.3, 0.4) is 0 Å². The fourth-order valence-electron chi connectivity index (χ4n) is 4.46. The molecule has 11 heteroatoms. The first-order valence-corrected chi connectivity index (χ1v) is 10.4. The van der Waals surface area contributed by atoms with Gasteiger partial charge < -0.3 is 10.6 Å². The van der Waals surface area contributed by atoms with Gasteiger partial charge in [0.25, 0.3) is 0 Å². The van der Waals surface area contributed by atoms with E-state index in [4.69, 9.17) is 0 Å². The predicted octanol–water partition coefficient (Wildman–Crippen LogP) is 3.96. The molecule has 6 nitrogen and oxygen atoms in total. The second kappa shape index (κ2) is 9.03. The smallest absolute Gasteiger partial charge is 0.348 e. The normalized spacial score (nSPS) is 22.4. The zero-order chi connectivity index (χ0) is 23.7. The van der Waals surface area contributed by atoms with Crippen molar-refractivity contribution in [2.45, 2.75) is 57.7 Å². The minimum absolute atomic E-state index is 0.0505. The molecule has 0 aromatic heterocycles. The first-order chi connectivity index (χ1) is 14.9. The van der Waals surface area contributed by atoms with Gasteiger partial charge >= 0.3 is 12.2 Å². The zero-order valence-electron chi connectivity index (χ0n) is 17.4. The van der Waals surface area contributed by atoms with Crippen LogP contribution in [0.2, 0.25) is 0 Å². The van der Waals surface area contributed by atoms with Gasteiger partial charge in [0, 0.05) is 18.5 Å². The average molecular weight is 461 g/mol. The van der Waals surface area contributed by atoms with E-state index in [0.717, 1.165) is 0 Å². The lowest BCUT2D eigenvalue weighted by Crippen LogP contribution is -2.49. The van der Waals surface area contributed by atoms with Gasteiger partial charge in [-0.1, -0.05) is 19.8 Å². The lowest BCUT2D eigenvalue weighted by atomic mass is 9.76. The van der Waals surface area contributed by atoms with E-state index in [1.165, 1.54) is 0 Å². The second-order valence-corrected chi connectivity index (χ2v) is 8.62. The van der Waals surface area contributed by atoms with Gasteiger partial charge in [0.15, 0.2) is 0 Å². The van der Waals surface area contributed by atoms with Crippen molar-refractivity contribution in [2.24, 2.45) is 11.3 Å². The quantitative estimate of drug-likeness (QED) is 0.594. The molecular weight excluding hydrogens is 437 g/mol. The fourth-order valence-corrected chi connectivity index (χ4v) is 4.46. The molecule has 2 atom stereocenters. The predicted molar refractivity (Wildman–Crippen MR) is 103 cm³/mol. The molecule has 3 N–H and O–H groups in total. The Balaban J connectivity index is 1.97. The number of carbonyl (C=O) groups is 3. The van der Waals surface area contributed by atoms with Gasteiger partial charge in [-0.15, -0.1) is 0 Å². The van der Waals surface area contributed by atoms with E-state index in [2.05, 4.69) is 16.0 Å². The molecule has 2 fully saturated rings. The Bertz CT molecular complexity index is 895. The number of rotatable bonds is 4. The number of imide groups is 1. The zero-order valence-corrected chi connectivity index (χ0v) is 17.4. The minimum atomic E-state index is -5.03. The summed E-state index contributed by atoms with van der Waals surface area (Å²) in [5, 5.41) is 6.98. The molecule has 32 heavy (non-hydrogen) atoms. The van der Waals surface area contributed by atoms with Crippen LogP contribution >= 0.6 is 0 Å². The molecule has 1 heterocycles. The van der Waals surface area contributed by atoms with Crippen LogP contribution in [-0.2, 0) is 15.8 Å². The highest BCUT2D eigenvalue weighted by Crippen LogP contribution is 2.49. The van der Waals surface area contributed by atoms with Gasteiger partial charge in [-0.3, -0.25) is 14.9 Å². The van der Waals surface area contributed by atoms with Crippen LogP contribution in [0.5, 0.6) is 0 Å². The van der Waals surface area contributed by atoms with E-state index in [1.54, 1.807) is 6.92 Å². The van der Waals surface area contributed by atoms with E-state index in [1.807, 2.05) is 0 Å². The molecule has 0 spiro atoms. The third-order valence-corrected chi connectivity index (χ3v) is 6.30. The van der Waals surface area contributed by atoms with Crippen molar-refractivity contribution in [1.82, 2.24) is 16.0 Å². The minimum Gasteiger partial charge on any atom is -0.348 e. The molecule has 1 aliphatic heterocycles. The largest absolute Gasteiger partial charge is 0.419 e. The third-order valence-electron chi connectivity index (χ3n) is 6.30. The van der Waals surface area contributed by atoms with Crippen molar-refractivity contribution < 1.29 is 36.3 Å². The summed E-state index contributed by atoms with van der Waals surface area (Å²) in [5.41, 5.74) is -3.31. The molecule has 1 aromatic carbocycles. The van der Waals surface area contributed by atoms with Crippen LogP contribution in [0.1, 0.15) is 62.6 Å². The summed E-state index contributed by atoms with van der Waals surface area (Å²) in [7, 11) is 0. The third kappa shape index (κ3) is 5.02. The number of alkyl halides is 3. The topological polar surface area (TPSA) is 87.3 Å². The number of benzene rings is 1. The van der Waals surface area contributed by atoms with E-state index >= 15 is 0 Å². The van der Waals surface area contributed by atoms with Crippen molar-refractivity contribution in [3.05, 3.63) is 34.9 Å². The molecular formula is C21H24F5N3O3. The van der Waals surface area contributed by atoms with Crippen molar-refractivity contribution in [2.75, 3.05) is 6.54 Å². The number of halogens is 5. The second-order valence-electron chi connectivity index (χ2n) is 8.62. The van der Waals surface area contributed by atoms with Crippen LogP contribution < -0.4 is 16.0 Å². The Morgan fingerprint density at radius 1 is 1.19 bits per heavy atom. The molecule has 1 aliphatic carbocycles. The number of amides is 4. The number of hydrogen-bond acceptors (Lipinski definition) is 3. The molecule has 2 aliphatic rings. The lowest BCUT2D eigenvalue weighted by molar-refractivity contribution is -0.140. The van der Waals surface area contributed by atoms with Crippen molar-refractivity contribution in [1.29, 1.82) is 0 Å². The highest BCUT2D eigenvalue weighted by atomic mass is 19.4. The summed E-state index contributed by atoms with van der Waals surface area (Å²) < 4.78 is 69.6. The molecule has 0 radical (unpaired) electrons. The summed E-state index contributed by atoms with van der Waals surface area (Å²) in [6, 6.07) is -1.23. The number of nitrogens with one attached hydrogen (secondary N) is 3. The average Bonchev–Trinajstić information content (AvgIpc) is 3.12. The van der Waals surface area contributed by atoms with E-state index in [0.29, 0.717) is 37.8 Å². The summed E-state index contributed by atoms with van der Waals surface area (Å²) >= 11 is 0. The number of urea groups is 1. The van der Waals surface area contributed by atoms with Gasteiger partial charge in [-0.25, -0.2) is 13.6 Å². The monoisotopic (exact) mass is 461 g/mol. The molecule has 3 rings (SSSR count). The maximum absolute atomic E-state index is 15.0. The summed E-state index contributed by atoms with van der Waals surface area (Å²) in [6.07, 6.45) is -2.80. The molecule has 1 aromatic rings. The molecule has 176 valence electrons. The lowest BCUT2D eigenvalue weighted by Gasteiger charge is -2.37. The molecule has 0 bridgehead atoms. The number of hydrogen-bond donors (Lipinski definition) is 3. The maximum atomic E-state index is 15.0. The van der Waals surface area contributed by atoms with Crippen LogP contribution in [0.25, 0.3) is 0 Å². The Hall–Kier alpha value is -2.72. The molecule has 2 unspecified atom stereocenters. The standard InChI is InChI=1S/C21H24F5N3O3/c1-20(8-2-3-9-20)17(15-13(22)6-5-12(16(15)23)21(24,25)26)29-18(31)11-4-7-14(30)28-19(32)27-10-11/h5-6,11,17H,2-4,7-10H2,1H3,(H,29,31)(H2,27,28,30,32). The van der Waals surface area contributed by atoms with Crippen molar-refractivity contribution >= 4 is 17.8 Å². The van der Waals surface area contributed by atoms with E-state index < -0.39 is 64.2 Å². The molecule has 1 saturated carbocycles. The highest BCUT2D eigenvalue weighted by Gasteiger charge is 2.45. The molecule has 1 saturated heterocycles. The summed E-state index contributed by atoms with van der Waals surface area (Å²) in [5.74, 6) is -5.11. The fraction of sp³-hybridized carbons (Fsp3) is 0.571. The van der Waals surface area contributed by atoms with Crippen molar-refractivity contribution in [3.8, 4) is 0 Å². The first kappa shape index (κ1) is 23.9. The molecule has 4 amide bonds. The first-order valence-electron chi connectivity index (χ1n) is 10.4. The summed E-state index contributed by atoms with van der Waals surface area (Å²) in [4.78, 5) is 36.2. The Kier molecular flexibility index (Phi) is 6.75. The van der Waals surface area contributed by atoms with Gasteiger partial charge in [-0.05, 0) is 36.8 Å². The number of carbonyl (C=O) groups excluding carboxylic acids is 3. The van der Waals surface area contributed by atoms with E-state index in [-0.39, 0.29) is 19.4 Å². The van der Waals surface area contributed by atoms with Crippen molar-refractivity contribution in [3.63, 3.8) is 0 Å². The van der Waals surface area contributed by atoms with Crippen LogP contribution in [-0.4, -0.2) is 24.4 Å². The van der Waals surface area contributed by atoms with Gasteiger partial charge in [0.05, 0.1) is 17.5 Å².